The molecule has 3 aromatic rings. The summed E-state index contributed by atoms with van der Waals surface area (Å²) in [6.45, 7) is 9.39. The Bertz CT molecular complexity index is 2380. The maximum absolute atomic E-state index is 14.7. The number of carbonyl (C=O) groups is 7. The number of benzene rings is 3. The van der Waals surface area contributed by atoms with Gasteiger partial charge >= 0.3 is 5.97 Å². The fraction of sp³-hybridized carbons (Fsp3) is 0.367. The van der Waals surface area contributed by atoms with E-state index in [1.54, 1.807) is 67.6 Å². The van der Waals surface area contributed by atoms with Crippen molar-refractivity contribution in [2.24, 2.45) is 11.5 Å². The largest absolute Gasteiger partial charge is 0.507 e. The van der Waals surface area contributed by atoms with Crippen molar-refractivity contribution in [1.29, 1.82) is 0 Å². The van der Waals surface area contributed by atoms with E-state index in [0.717, 1.165) is 18.1 Å². The highest BCUT2D eigenvalue weighted by atomic mass is 35.5. The highest BCUT2D eigenvalue weighted by Gasteiger charge is 2.36. The van der Waals surface area contributed by atoms with Crippen LogP contribution < -0.4 is 37.5 Å². The Labute approximate surface area is 395 Å². The summed E-state index contributed by atoms with van der Waals surface area (Å²) >= 11 is 6.06. The zero-order valence-electron chi connectivity index (χ0n) is 38.4. The number of nitrogens with two attached hydrogens (primary N) is 2. The SMILES string of the molecule is C=C/C(=C\C=C(/C)C(=O)N[C@@H](CCCCN)C(=O)N(C)[C@@H]1C(=O)N[C@@H](C)C(=O)N[C@H](C(=O)N[C@@H](C)C(=O)COC(C)=O)Cc2ccc(O)c(c2)-c2cc1ccc2OCCN)c1ccc(Cl)cc1. The van der Waals surface area contributed by atoms with Crippen molar-refractivity contribution >= 4 is 58.5 Å². The molecule has 67 heavy (non-hydrogen) atoms. The van der Waals surface area contributed by atoms with E-state index in [0.29, 0.717) is 35.5 Å². The molecule has 0 aliphatic carbocycles. The second-order valence-electron chi connectivity index (χ2n) is 16.1. The number of nitrogens with zero attached hydrogens (tertiary/aromatic N) is 1. The molecule has 4 bridgehead atoms. The molecule has 9 N–H and O–H groups in total. The summed E-state index contributed by atoms with van der Waals surface area (Å²) in [6.07, 6.45) is 5.99. The molecule has 1 aliphatic heterocycles. The van der Waals surface area contributed by atoms with Crippen LogP contribution >= 0.6 is 11.6 Å². The lowest BCUT2D eigenvalue weighted by Gasteiger charge is -2.33. The first-order valence-corrected chi connectivity index (χ1v) is 22.2. The molecule has 1 heterocycles. The Morgan fingerprint density at radius 3 is 2.31 bits per heavy atom. The number of allylic oxidation sites excluding steroid dienone is 4. The molecule has 0 aromatic heterocycles. The summed E-state index contributed by atoms with van der Waals surface area (Å²) in [7, 11) is 1.40. The van der Waals surface area contributed by atoms with Crippen LogP contribution in [-0.2, 0) is 44.7 Å². The predicted octanol–water partition coefficient (Wildman–Crippen LogP) is 3.56. The lowest BCUT2D eigenvalue weighted by atomic mass is 9.93. The quantitative estimate of drug-likeness (QED) is 0.0394. The van der Waals surface area contributed by atoms with Crippen molar-refractivity contribution < 1.29 is 48.1 Å². The summed E-state index contributed by atoms with van der Waals surface area (Å²) in [5.41, 5.74) is 14.7. The van der Waals surface area contributed by atoms with Gasteiger partial charge in [-0.15, -0.1) is 0 Å². The summed E-state index contributed by atoms with van der Waals surface area (Å²) in [6, 6.07) is 10.1. The van der Waals surface area contributed by atoms with Gasteiger partial charge in [0.05, 0.1) is 6.04 Å². The van der Waals surface area contributed by atoms with Crippen molar-refractivity contribution in [3.8, 4) is 22.6 Å². The number of aromatic hydroxyl groups is 1. The maximum Gasteiger partial charge on any atom is 0.303 e. The number of fused-ring (bicyclic) bond motifs is 5. The summed E-state index contributed by atoms with van der Waals surface area (Å²) < 4.78 is 10.8. The van der Waals surface area contributed by atoms with E-state index in [9.17, 15) is 38.7 Å². The van der Waals surface area contributed by atoms with Crippen molar-refractivity contribution in [2.75, 3.05) is 33.4 Å². The van der Waals surface area contributed by atoms with Gasteiger partial charge in [0, 0.05) is 48.7 Å². The molecule has 0 radical (unpaired) electrons. The lowest BCUT2D eigenvalue weighted by molar-refractivity contribution is -0.146. The molecule has 5 atom stereocenters. The van der Waals surface area contributed by atoms with Gasteiger partial charge in [-0.1, -0.05) is 60.7 Å². The average molecular weight is 943 g/mol. The minimum Gasteiger partial charge on any atom is -0.507 e. The lowest BCUT2D eigenvalue weighted by Crippen LogP contribution is -2.57. The fourth-order valence-corrected chi connectivity index (χ4v) is 7.23. The van der Waals surface area contributed by atoms with Crippen LogP contribution in [0.2, 0.25) is 5.02 Å². The number of phenolic OH excluding ortho intramolecular Hbond substituents is 1. The van der Waals surface area contributed by atoms with Crippen LogP contribution in [0.1, 0.15) is 69.7 Å². The summed E-state index contributed by atoms with van der Waals surface area (Å²) in [5.74, 6) is -4.73. The van der Waals surface area contributed by atoms with Crippen LogP contribution in [0.4, 0.5) is 0 Å². The average Bonchev–Trinajstić information content (AvgIpc) is 3.30. The Balaban J connectivity index is 1.77. The van der Waals surface area contributed by atoms with Gasteiger partial charge in [0.15, 0.2) is 12.4 Å². The van der Waals surface area contributed by atoms with Gasteiger partial charge < -0.3 is 52.2 Å². The predicted molar refractivity (Wildman–Crippen MR) is 254 cm³/mol. The summed E-state index contributed by atoms with van der Waals surface area (Å²) in [4.78, 5) is 95.8. The van der Waals surface area contributed by atoms with E-state index >= 15 is 0 Å². The second-order valence-corrected chi connectivity index (χ2v) is 16.5. The molecule has 4 rings (SSSR count). The van der Waals surface area contributed by atoms with E-state index in [1.807, 2.05) is 12.1 Å². The van der Waals surface area contributed by atoms with Gasteiger partial charge in [0.1, 0.15) is 42.3 Å². The number of carbonyl (C=O) groups excluding carboxylic acids is 7. The van der Waals surface area contributed by atoms with Gasteiger partial charge in [-0.2, -0.15) is 0 Å². The molecule has 0 unspecified atom stereocenters. The van der Waals surface area contributed by atoms with Crippen molar-refractivity contribution in [1.82, 2.24) is 26.2 Å². The highest BCUT2D eigenvalue weighted by molar-refractivity contribution is 6.30. The van der Waals surface area contributed by atoms with Gasteiger partial charge in [0.25, 0.3) is 0 Å². The Morgan fingerprint density at radius 1 is 0.940 bits per heavy atom. The van der Waals surface area contributed by atoms with Crippen molar-refractivity contribution in [2.45, 2.75) is 83.6 Å². The fourth-order valence-electron chi connectivity index (χ4n) is 7.10. The Hall–Kier alpha value is -6.82. The third-order valence-corrected chi connectivity index (χ3v) is 11.2. The first kappa shape index (κ1) is 52.8. The monoisotopic (exact) mass is 941 g/mol. The van der Waals surface area contributed by atoms with Crippen LogP contribution in [0.3, 0.4) is 0 Å². The number of phenols is 1. The molecule has 0 fully saturated rings. The smallest absolute Gasteiger partial charge is 0.303 e. The standard InChI is InChI=1S/C49H60ClN7O10/c1-7-33(34-14-17-36(50)18-15-34)13-11-28(2)45(61)55-39(10-8-9-21-51)49(65)57(6)44-35-16-20-43(66-23-22-52)38(26-35)37-24-32(12-19-41(37)59)25-40(56-46(62)30(4)54-48(44)64)47(63)53-29(3)42(60)27-67-31(5)58/h7,11-20,24,26,29-30,39-40,44,59H,1,8-10,21-23,25,27,51-52H2,2-6H3,(H,53,63)(H,54,64)(H,55,61)(H,56,62)/b28-11+,33-13+/t29-,30-,39-,40-,44-/m0/s1. The number of hydrogen-bond acceptors (Lipinski definition) is 12. The number of rotatable bonds is 19. The number of ether oxygens (including phenoxy) is 2. The molecule has 3 aromatic carbocycles. The Kier molecular flexibility index (Phi) is 19.8. The van der Waals surface area contributed by atoms with E-state index in [4.69, 9.17) is 32.5 Å². The van der Waals surface area contributed by atoms with Gasteiger partial charge in [-0.25, -0.2) is 0 Å². The second kappa shape index (κ2) is 25.2. The number of Topliss-reactive ketones (excluding diaryl/α,β-unsaturated/α-hetero) is 1. The zero-order valence-corrected chi connectivity index (χ0v) is 39.1. The minimum absolute atomic E-state index is 0.0825. The van der Waals surface area contributed by atoms with E-state index in [-0.39, 0.29) is 54.2 Å². The van der Waals surface area contributed by atoms with Gasteiger partial charge in [-0.05, 0) is 105 Å². The third-order valence-electron chi connectivity index (χ3n) is 10.9. The number of likely N-dealkylation sites (N-methyl/N-ethyl adjacent to an activating group) is 1. The minimum atomic E-state index is -1.44. The molecule has 17 nitrogen and oxygen atoms in total. The number of esters is 1. The van der Waals surface area contributed by atoms with Gasteiger partial charge in [-0.3, -0.25) is 33.6 Å². The molecule has 358 valence electrons. The number of nitrogens with one attached hydrogen (secondary N) is 4. The van der Waals surface area contributed by atoms with Crippen LogP contribution in [0.25, 0.3) is 16.7 Å². The topological polar surface area (TPSA) is 262 Å². The van der Waals surface area contributed by atoms with Crippen LogP contribution in [0.15, 0.2) is 91.0 Å². The number of amides is 5. The maximum atomic E-state index is 14.7. The zero-order chi connectivity index (χ0) is 49.4. The molecular weight excluding hydrogens is 882 g/mol. The van der Waals surface area contributed by atoms with Crippen LogP contribution in [0.5, 0.6) is 11.5 Å². The van der Waals surface area contributed by atoms with Crippen molar-refractivity contribution in [3.63, 3.8) is 0 Å². The number of halogens is 1. The first-order valence-electron chi connectivity index (χ1n) is 21.8. The van der Waals surface area contributed by atoms with Crippen LogP contribution in [0, 0.1) is 0 Å². The molecule has 1 aliphatic rings. The molecular formula is C49H60ClN7O10. The Morgan fingerprint density at radius 2 is 1.66 bits per heavy atom. The highest BCUT2D eigenvalue weighted by Crippen LogP contribution is 2.39. The normalized spacial score (nSPS) is 17.3. The van der Waals surface area contributed by atoms with Crippen molar-refractivity contribution in [3.05, 3.63) is 113 Å². The molecule has 5 amide bonds. The van der Waals surface area contributed by atoms with E-state index in [2.05, 4.69) is 27.8 Å². The van der Waals surface area contributed by atoms with E-state index < -0.39 is 78.1 Å². The molecule has 0 saturated carbocycles. The van der Waals surface area contributed by atoms with Gasteiger partial charge in [0.2, 0.25) is 29.5 Å². The molecule has 0 saturated heterocycles. The molecule has 18 heteroatoms. The van der Waals surface area contributed by atoms with Crippen LogP contribution in [-0.4, -0.2) is 109 Å². The number of hydrogen-bond donors (Lipinski definition) is 7. The number of unbranched alkanes of at least 4 members (excludes halogenated alkanes) is 1. The third kappa shape index (κ3) is 14.8. The van der Waals surface area contributed by atoms with E-state index in [1.165, 1.54) is 31.9 Å². The number of ketones is 1. The molecule has 0 spiro atoms. The summed E-state index contributed by atoms with van der Waals surface area (Å²) in [5, 5.41) is 22.6. The first-order chi connectivity index (χ1) is 31.9.